The summed E-state index contributed by atoms with van der Waals surface area (Å²) in [5.41, 5.74) is 4.93. The molecule has 4 heteroatoms. The van der Waals surface area contributed by atoms with Crippen LogP contribution in [0.2, 0.25) is 0 Å². The lowest BCUT2D eigenvalue weighted by Crippen LogP contribution is -2.55. The third-order valence-corrected chi connectivity index (χ3v) is 1.27. The molecule has 0 saturated heterocycles. The Morgan fingerprint density at radius 2 is 2.00 bits per heavy atom. The average molecular weight is 159 g/mol. The first-order valence-corrected chi connectivity index (χ1v) is 3.65. The Balaban J connectivity index is 3.88. The van der Waals surface area contributed by atoms with E-state index in [4.69, 9.17) is 5.73 Å². The second-order valence-corrected chi connectivity index (χ2v) is 3.22. The van der Waals surface area contributed by atoms with Crippen LogP contribution in [0.5, 0.6) is 0 Å². The lowest BCUT2D eigenvalue weighted by Gasteiger charge is -2.22. The van der Waals surface area contributed by atoms with Crippen LogP contribution in [0, 0.1) is 0 Å². The molecular formula is C7H17N3O. The summed E-state index contributed by atoms with van der Waals surface area (Å²) in [6.07, 6.45) is 0. The van der Waals surface area contributed by atoms with Crippen LogP contribution in [0.15, 0.2) is 0 Å². The Kier molecular flexibility index (Phi) is 3.48. The highest BCUT2D eigenvalue weighted by Gasteiger charge is 2.17. The van der Waals surface area contributed by atoms with Crippen molar-refractivity contribution in [2.75, 3.05) is 7.05 Å². The van der Waals surface area contributed by atoms with Crippen molar-refractivity contribution < 1.29 is 4.79 Å². The molecule has 66 valence electrons. The topological polar surface area (TPSA) is 67.2 Å². The predicted molar refractivity (Wildman–Crippen MR) is 44.9 cm³/mol. The van der Waals surface area contributed by atoms with Gasteiger partial charge in [0.15, 0.2) is 0 Å². The zero-order valence-electron chi connectivity index (χ0n) is 7.56. The monoisotopic (exact) mass is 159 g/mol. The standard InChI is InChI=1S/C7H17N3O/c1-5(9-4)6(11)10-7(2,3)8/h5,9H,8H2,1-4H3,(H,10,11)/t5-/m0/s1. The van der Waals surface area contributed by atoms with Crippen molar-refractivity contribution in [3.8, 4) is 0 Å². The maximum atomic E-state index is 11.1. The van der Waals surface area contributed by atoms with Crippen molar-refractivity contribution in [3.05, 3.63) is 0 Å². The van der Waals surface area contributed by atoms with Crippen molar-refractivity contribution in [1.82, 2.24) is 10.6 Å². The minimum atomic E-state index is -0.637. The van der Waals surface area contributed by atoms with E-state index in [9.17, 15) is 4.79 Å². The van der Waals surface area contributed by atoms with E-state index in [-0.39, 0.29) is 11.9 Å². The molecule has 0 heterocycles. The van der Waals surface area contributed by atoms with E-state index in [1.165, 1.54) is 0 Å². The number of carbonyl (C=O) groups is 1. The van der Waals surface area contributed by atoms with Gasteiger partial charge in [-0.25, -0.2) is 0 Å². The normalized spacial score (nSPS) is 14.3. The SMILES string of the molecule is CN[C@@H](C)C(=O)NC(C)(C)N. The second-order valence-electron chi connectivity index (χ2n) is 3.22. The molecule has 0 rings (SSSR count). The first-order chi connectivity index (χ1) is 4.87. The molecule has 0 aromatic carbocycles. The lowest BCUT2D eigenvalue weighted by molar-refractivity contribution is -0.124. The molecule has 4 N–H and O–H groups in total. The third-order valence-electron chi connectivity index (χ3n) is 1.27. The second kappa shape index (κ2) is 3.69. The van der Waals surface area contributed by atoms with Crippen LogP contribution in [0.3, 0.4) is 0 Å². The van der Waals surface area contributed by atoms with Gasteiger partial charge in [0, 0.05) is 0 Å². The highest BCUT2D eigenvalue weighted by atomic mass is 16.2. The summed E-state index contributed by atoms with van der Waals surface area (Å²) < 4.78 is 0. The molecule has 11 heavy (non-hydrogen) atoms. The van der Waals surface area contributed by atoms with Gasteiger partial charge in [-0.1, -0.05) is 0 Å². The Morgan fingerprint density at radius 1 is 1.55 bits per heavy atom. The van der Waals surface area contributed by atoms with Gasteiger partial charge in [-0.3, -0.25) is 4.79 Å². The number of hydrogen-bond donors (Lipinski definition) is 3. The fourth-order valence-corrected chi connectivity index (χ4v) is 0.557. The van der Waals surface area contributed by atoms with Crippen molar-refractivity contribution in [2.24, 2.45) is 5.73 Å². The van der Waals surface area contributed by atoms with Gasteiger partial charge >= 0.3 is 0 Å². The van der Waals surface area contributed by atoms with Crippen LogP contribution < -0.4 is 16.4 Å². The molecule has 0 unspecified atom stereocenters. The Bertz CT molecular complexity index is 139. The zero-order valence-corrected chi connectivity index (χ0v) is 7.56. The van der Waals surface area contributed by atoms with Crippen LogP contribution in [-0.2, 0) is 4.79 Å². The molecular weight excluding hydrogens is 142 g/mol. The van der Waals surface area contributed by atoms with Crippen LogP contribution in [0.4, 0.5) is 0 Å². The molecule has 0 aliphatic heterocycles. The van der Waals surface area contributed by atoms with E-state index in [0.717, 1.165) is 0 Å². The number of amides is 1. The van der Waals surface area contributed by atoms with Gasteiger partial charge in [-0.2, -0.15) is 0 Å². The molecule has 0 aliphatic rings. The van der Waals surface area contributed by atoms with E-state index < -0.39 is 5.66 Å². The summed E-state index contributed by atoms with van der Waals surface area (Å²) in [5, 5.41) is 5.47. The van der Waals surface area contributed by atoms with Crippen LogP contribution in [0.25, 0.3) is 0 Å². The molecule has 1 amide bonds. The first-order valence-electron chi connectivity index (χ1n) is 3.65. The van der Waals surface area contributed by atoms with Crippen LogP contribution >= 0.6 is 0 Å². The Labute approximate surface area is 67.5 Å². The van der Waals surface area contributed by atoms with Crippen molar-refractivity contribution in [1.29, 1.82) is 0 Å². The molecule has 0 aliphatic carbocycles. The molecule has 0 aromatic heterocycles. The van der Waals surface area contributed by atoms with E-state index in [1.54, 1.807) is 27.8 Å². The number of hydrogen-bond acceptors (Lipinski definition) is 3. The summed E-state index contributed by atoms with van der Waals surface area (Å²) >= 11 is 0. The molecule has 1 atom stereocenters. The number of carbonyl (C=O) groups excluding carboxylic acids is 1. The van der Waals surface area contributed by atoms with Gasteiger partial charge in [0.05, 0.1) is 11.7 Å². The molecule has 0 radical (unpaired) electrons. The van der Waals surface area contributed by atoms with Crippen LogP contribution in [0.1, 0.15) is 20.8 Å². The largest absolute Gasteiger partial charge is 0.337 e. The van der Waals surface area contributed by atoms with Gasteiger partial charge in [0.25, 0.3) is 0 Å². The maximum absolute atomic E-state index is 11.1. The summed E-state index contributed by atoms with van der Waals surface area (Å²) in [4.78, 5) is 11.1. The third kappa shape index (κ3) is 4.75. The molecule has 0 spiro atoms. The zero-order chi connectivity index (χ0) is 9.07. The minimum Gasteiger partial charge on any atom is -0.337 e. The van der Waals surface area contributed by atoms with Gasteiger partial charge in [-0.05, 0) is 27.8 Å². The molecule has 0 bridgehead atoms. The van der Waals surface area contributed by atoms with Gasteiger partial charge in [-0.15, -0.1) is 0 Å². The number of nitrogens with one attached hydrogen (secondary N) is 2. The predicted octanol–water partition coefficient (Wildman–Crippen LogP) is -0.595. The molecule has 0 fully saturated rings. The number of nitrogens with two attached hydrogens (primary N) is 1. The van der Waals surface area contributed by atoms with Gasteiger partial charge < -0.3 is 16.4 Å². The van der Waals surface area contributed by atoms with E-state index in [0.29, 0.717) is 0 Å². The average Bonchev–Trinajstić information content (AvgIpc) is 1.82. The minimum absolute atomic E-state index is 0.0833. The molecule has 0 saturated carbocycles. The Hall–Kier alpha value is -0.610. The number of rotatable bonds is 3. The van der Waals surface area contributed by atoms with E-state index in [1.807, 2.05) is 0 Å². The maximum Gasteiger partial charge on any atom is 0.238 e. The lowest BCUT2D eigenvalue weighted by atomic mass is 10.2. The summed E-state index contributed by atoms with van der Waals surface area (Å²) in [7, 11) is 1.73. The highest BCUT2D eigenvalue weighted by Crippen LogP contribution is 1.91. The van der Waals surface area contributed by atoms with Crippen molar-refractivity contribution in [3.63, 3.8) is 0 Å². The van der Waals surface area contributed by atoms with Gasteiger partial charge in [0.2, 0.25) is 5.91 Å². The van der Waals surface area contributed by atoms with Gasteiger partial charge in [0.1, 0.15) is 0 Å². The number of likely N-dealkylation sites (N-methyl/N-ethyl adjacent to an activating group) is 1. The van der Waals surface area contributed by atoms with E-state index in [2.05, 4.69) is 10.6 Å². The summed E-state index contributed by atoms with van der Waals surface area (Å²) in [6, 6.07) is -0.196. The molecule has 0 aromatic rings. The summed E-state index contributed by atoms with van der Waals surface area (Å²) in [5.74, 6) is -0.0833. The van der Waals surface area contributed by atoms with Crippen LogP contribution in [-0.4, -0.2) is 24.7 Å². The van der Waals surface area contributed by atoms with E-state index >= 15 is 0 Å². The Morgan fingerprint density at radius 3 is 2.27 bits per heavy atom. The molecule has 4 nitrogen and oxygen atoms in total. The summed E-state index contributed by atoms with van der Waals surface area (Å²) in [6.45, 7) is 5.27. The fraction of sp³-hybridized carbons (Fsp3) is 0.857. The quantitative estimate of drug-likeness (QED) is 0.482. The first kappa shape index (κ1) is 10.4. The van der Waals surface area contributed by atoms with Crippen molar-refractivity contribution >= 4 is 5.91 Å². The smallest absolute Gasteiger partial charge is 0.238 e. The van der Waals surface area contributed by atoms with Crippen molar-refractivity contribution in [2.45, 2.75) is 32.5 Å². The highest BCUT2D eigenvalue weighted by molar-refractivity contribution is 5.81. The fourth-order valence-electron chi connectivity index (χ4n) is 0.557.